The van der Waals surface area contributed by atoms with Crippen LogP contribution in [0.3, 0.4) is 0 Å². The quantitative estimate of drug-likeness (QED) is 0.687. The first kappa shape index (κ1) is 9.98. The molecule has 3 N–H and O–H groups in total. The molecule has 0 bridgehead atoms. The van der Waals surface area contributed by atoms with Crippen molar-refractivity contribution >= 4 is 11.6 Å². The lowest BCUT2D eigenvalue weighted by Gasteiger charge is -2.16. The van der Waals surface area contributed by atoms with Crippen LogP contribution in [0.4, 0.5) is 5.69 Å². The molecule has 0 spiro atoms. The molecule has 4 heteroatoms. The van der Waals surface area contributed by atoms with Gasteiger partial charge >= 0.3 is 0 Å². The van der Waals surface area contributed by atoms with E-state index >= 15 is 0 Å². The fraction of sp³-hybridized carbons (Fsp3) is 0.364. The van der Waals surface area contributed by atoms with Gasteiger partial charge in [-0.2, -0.15) is 0 Å². The summed E-state index contributed by atoms with van der Waals surface area (Å²) in [6.07, 6.45) is -0.305. The molecule has 1 saturated heterocycles. The van der Waals surface area contributed by atoms with Crippen molar-refractivity contribution in [3.63, 3.8) is 0 Å². The van der Waals surface area contributed by atoms with Crippen LogP contribution in [0.2, 0.25) is 0 Å². The maximum Gasteiger partial charge on any atom is 0.251 e. The highest BCUT2D eigenvalue weighted by atomic mass is 16.3. The number of rotatable bonds is 2. The van der Waals surface area contributed by atoms with Crippen molar-refractivity contribution in [3.05, 3.63) is 29.8 Å². The zero-order chi connectivity index (χ0) is 10.8. The standard InChI is InChI=1S/C11H14N2O2/c12-9-4-2-1-3-8(9)7-13-6-5-10(14)11(13)15/h1-4,10,14H,5-7,12H2/t10-/m0/s1. The Morgan fingerprint density at radius 1 is 1.47 bits per heavy atom. The number of nitrogens with two attached hydrogens (primary N) is 1. The van der Waals surface area contributed by atoms with Gasteiger partial charge in [0.15, 0.2) is 0 Å². The summed E-state index contributed by atoms with van der Waals surface area (Å²) in [6, 6.07) is 7.46. The zero-order valence-electron chi connectivity index (χ0n) is 8.39. The fourth-order valence-electron chi connectivity index (χ4n) is 1.76. The number of likely N-dealkylation sites (tertiary alicyclic amines) is 1. The average molecular weight is 206 g/mol. The summed E-state index contributed by atoms with van der Waals surface area (Å²) in [5.41, 5.74) is 7.40. The Bertz CT molecular complexity index is 379. The van der Waals surface area contributed by atoms with Crippen molar-refractivity contribution in [1.29, 1.82) is 0 Å². The number of hydrogen-bond acceptors (Lipinski definition) is 3. The predicted octanol–water partition coefficient (Wildman–Crippen LogP) is 0.362. The molecule has 80 valence electrons. The molecule has 0 saturated carbocycles. The lowest BCUT2D eigenvalue weighted by atomic mass is 10.2. The van der Waals surface area contributed by atoms with Crippen molar-refractivity contribution in [3.8, 4) is 0 Å². The largest absolute Gasteiger partial charge is 0.398 e. The molecule has 0 aliphatic carbocycles. The summed E-state index contributed by atoms with van der Waals surface area (Å²) in [4.78, 5) is 13.1. The van der Waals surface area contributed by atoms with Crippen LogP contribution in [-0.2, 0) is 11.3 Å². The fourth-order valence-corrected chi connectivity index (χ4v) is 1.76. The molecule has 1 aromatic rings. The number of benzene rings is 1. The molecule has 1 aromatic carbocycles. The van der Waals surface area contributed by atoms with E-state index in [0.29, 0.717) is 25.2 Å². The average Bonchev–Trinajstić information content (AvgIpc) is 2.53. The van der Waals surface area contributed by atoms with Gasteiger partial charge in [-0.15, -0.1) is 0 Å². The van der Waals surface area contributed by atoms with Crippen LogP contribution in [-0.4, -0.2) is 28.6 Å². The minimum Gasteiger partial charge on any atom is -0.398 e. The number of hydrogen-bond donors (Lipinski definition) is 2. The summed E-state index contributed by atoms with van der Waals surface area (Å²) in [7, 11) is 0. The molecular weight excluding hydrogens is 192 g/mol. The third-order valence-corrected chi connectivity index (χ3v) is 2.69. The number of nitrogen functional groups attached to an aromatic ring is 1. The maximum absolute atomic E-state index is 11.5. The van der Waals surface area contributed by atoms with E-state index in [0.717, 1.165) is 5.56 Å². The molecule has 1 aliphatic rings. The first-order chi connectivity index (χ1) is 7.18. The minimum atomic E-state index is -0.824. The maximum atomic E-state index is 11.5. The van der Waals surface area contributed by atoms with Gasteiger partial charge in [-0.3, -0.25) is 4.79 Å². The molecule has 1 fully saturated rings. The number of amides is 1. The van der Waals surface area contributed by atoms with Gasteiger partial charge in [0.05, 0.1) is 0 Å². The van der Waals surface area contributed by atoms with E-state index in [1.165, 1.54) is 0 Å². The number of carbonyl (C=O) groups is 1. The highest BCUT2D eigenvalue weighted by Crippen LogP contribution is 2.18. The lowest BCUT2D eigenvalue weighted by molar-refractivity contribution is -0.134. The summed E-state index contributed by atoms with van der Waals surface area (Å²) in [5, 5.41) is 9.29. The van der Waals surface area contributed by atoms with Crippen molar-refractivity contribution in [2.75, 3.05) is 12.3 Å². The summed E-state index contributed by atoms with van der Waals surface area (Å²) < 4.78 is 0. The highest BCUT2D eigenvalue weighted by molar-refractivity contribution is 5.82. The summed E-state index contributed by atoms with van der Waals surface area (Å²) in [5.74, 6) is -0.196. The Balaban J connectivity index is 2.10. The second-order valence-electron chi connectivity index (χ2n) is 3.76. The molecule has 0 unspecified atom stereocenters. The zero-order valence-corrected chi connectivity index (χ0v) is 8.39. The summed E-state index contributed by atoms with van der Waals surface area (Å²) in [6.45, 7) is 1.09. The number of anilines is 1. The molecule has 1 amide bonds. The molecular formula is C11H14N2O2. The summed E-state index contributed by atoms with van der Waals surface area (Å²) >= 11 is 0. The number of carbonyl (C=O) groups excluding carboxylic acids is 1. The van der Waals surface area contributed by atoms with Gasteiger partial charge in [0.25, 0.3) is 5.91 Å². The van der Waals surface area contributed by atoms with Gasteiger partial charge in [-0.25, -0.2) is 0 Å². The third-order valence-electron chi connectivity index (χ3n) is 2.69. The first-order valence-electron chi connectivity index (χ1n) is 4.98. The SMILES string of the molecule is Nc1ccccc1CN1CC[C@H](O)C1=O. The van der Waals surface area contributed by atoms with Crippen LogP contribution in [0.5, 0.6) is 0 Å². The first-order valence-corrected chi connectivity index (χ1v) is 4.98. The van der Waals surface area contributed by atoms with Gasteiger partial charge in [-0.05, 0) is 18.1 Å². The third kappa shape index (κ3) is 1.94. The molecule has 1 heterocycles. The lowest BCUT2D eigenvalue weighted by Crippen LogP contribution is -2.29. The number of aliphatic hydroxyl groups is 1. The Kier molecular flexibility index (Phi) is 2.60. The highest BCUT2D eigenvalue weighted by Gasteiger charge is 2.29. The number of aliphatic hydroxyl groups excluding tert-OH is 1. The van der Waals surface area contributed by atoms with E-state index in [9.17, 15) is 9.90 Å². The molecule has 1 aliphatic heterocycles. The smallest absolute Gasteiger partial charge is 0.251 e. The Hall–Kier alpha value is -1.55. The molecule has 0 aromatic heterocycles. The second kappa shape index (κ2) is 3.90. The molecule has 4 nitrogen and oxygen atoms in total. The van der Waals surface area contributed by atoms with Crippen LogP contribution in [0.15, 0.2) is 24.3 Å². The Morgan fingerprint density at radius 2 is 2.20 bits per heavy atom. The molecule has 0 radical (unpaired) electrons. The molecule has 2 rings (SSSR count). The number of nitrogens with zero attached hydrogens (tertiary/aromatic N) is 1. The van der Waals surface area contributed by atoms with Crippen LogP contribution < -0.4 is 5.73 Å². The van der Waals surface area contributed by atoms with Crippen LogP contribution in [0, 0.1) is 0 Å². The normalized spacial score (nSPS) is 21.0. The van der Waals surface area contributed by atoms with Crippen LogP contribution in [0.25, 0.3) is 0 Å². The van der Waals surface area contributed by atoms with E-state index in [4.69, 9.17) is 5.73 Å². The van der Waals surface area contributed by atoms with E-state index in [1.54, 1.807) is 4.90 Å². The molecule has 15 heavy (non-hydrogen) atoms. The Labute approximate surface area is 88.3 Å². The van der Waals surface area contributed by atoms with Gasteiger partial charge in [-0.1, -0.05) is 18.2 Å². The van der Waals surface area contributed by atoms with E-state index in [2.05, 4.69) is 0 Å². The molecule has 1 atom stereocenters. The monoisotopic (exact) mass is 206 g/mol. The van der Waals surface area contributed by atoms with Crippen LogP contribution in [0.1, 0.15) is 12.0 Å². The van der Waals surface area contributed by atoms with E-state index < -0.39 is 6.10 Å². The van der Waals surface area contributed by atoms with E-state index in [1.807, 2.05) is 24.3 Å². The van der Waals surface area contributed by atoms with Crippen LogP contribution >= 0.6 is 0 Å². The van der Waals surface area contributed by atoms with Crippen molar-refractivity contribution in [2.45, 2.75) is 19.1 Å². The second-order valence-corrected chi connectivity index (χ2v) is 3.76. The van der Waals surface area contributed by atoms with Crippen molar-refractivity contribution < 1.29 is 9.90 Å². The van der Waals surface area contributed by atoms with Crippen molar-refractivity contribution in [2.24, 2.45) is 0 Å². The van der Waals surface area contributed by atoms with Gasteiger partial charge < -0.3 is 15.7 Å². The van der Waals surface area contributed by atoms with Gasteiger partial charge in [0.1, 0.15) is 6.10 Å². The van der Waals surface area contributed by atoms with E-state index in [-0.39, 0.29) is 5.91 Å². The topological polar surface area (TPSA) is 66.6 Å². The van der Waals surface area contributed by atoms with Gasteiger partial charge in [0, 0.05) is 18.8 Å². The number of para-hydroxylation sites is 1. The minimum absolute atomic E-state index is 0.196. The van der Waals surface area contributed by atoms with Gasteiger partial charge in [0.2, 0.25) is 0 Å². The van der Waals surface area contributed by atoms with Crippen molar-refractivity contribution in [1.82, 2.24) is 4.90 Å². The predicted molar refractivity (Wildman–Crippen MR) is 56.9 cm³/mol. The Morgan fingerprint density at radius 3 is 2.80 bits per heavy atom.